The second-order valence-corrected chi connectivity index (χ2v) is 6.07. The molecule has 114 valence electrons. The fourth-order valence-electron chi connectivity index (χ4n) is 2.42. The molecular weight excluding hydrogens is 303 g/mol. The van der Waals surface area contributed by atoms with Gasteiger partial charge in [-0.15, -0.1) is 11.8 Å². The summed E-state index contributed by atoms with van der Waals surface area (Å²) in [6.07, 6.45) is 2.50. The highest BCUT2D eigenvalue weighted by Crippen LogP contribution is 2.39. The maximum atomic E-state index is 13.3. The van der Waals surface area contributed by atoms with Gasteiger partial charge >= 0.3 is 0 Å². The van der Waals surface area contributed by atoms with Gasteiger partial charge in [0.1, 0.15) is 16.9 Å². The number of pyridine rings is 1. The lowest BCUT2D eigenvalue weighted by Gasteiger charge is -2.24. The van der Waals surface area contributed by atoms with Crippen molar-refractivity contribution in [1.82, 2.24) is 9.88 Å². The topological polar surface area (TPSA) is 42.4 Å². The second-order valence-electron chi connectivity index (χ2n) is 4.89. The Morgan fingerprint density at radius 2 is 2.14 bits per heavy atom. The number of thioether (sulfide) groups is 1. The molecule has 1 unspecified atom stereocenters. The van der Waals surface area contributed by atoms with Crippen LogP contribution in [0.1, 0.15) is 21.3 Å². The maximum absolute atomic E-state index is 13.3. The number of hydrogen-bond donors (Lipinski definition) is 0. The molecule has 0 spiro atoms. The highest BCUT2D eigenvalue weighted by atomic mass is 32.2. The summed E-state index contributed by atoms with van der Waals surface area (Å²) in [6.45, 7) is 0.636. The molecule has 1 saturated heterocycles. The van der Waals surface area contributed by atoms with Crippen LogP contribution in [0.15, 0.2) is 42.7 Å². The molecule has 1 atom stereocenters. The highest BCUT2D eigenvalue weighted by Gasteiger charge is 2.31. The average molecular weight is 318 g/mol. The van der Waals surface area contributed by atoms with Crippen LogP contribution in [0.2, 0.25) is 0 Å². The Morgan fingerprint density at radius 1 is 1.36 bits per heavy atom. The lowest BCUT2D eigenvalue weighted by Crippen LogP contribution is -2.30. The van der Waals surface area contributed by atoms with Gasteiger partial charge in [-0.1, -0.05) is 12.1 Å². The van der Waals surface area contributed by atoms with Gasteiger partial charge in [-0.05, 0) is 23.8 Å². The van der Waals surface area contributed by atoms with Crippen molar-refractivity contribution >= 4 is 17.7 Å². The van der Waals surface area contributed by atoms with Crippen molar-refractivity contribution in [3.8, 4) is 5.75 Å². The van der Waals surface area contributed by atoms with Crippen molar-refractivity contribution in [2.75, 3.05) is 19.4 Å². The van der Waals surface area contributed by atoms with Crippen LogP contribution in [0.4, 0.5) is 4.39 Å². The predicted molar refractivity (Wildman–Crippen MR) is 83.4 cm³/mol. The third-order valence-corrected chi connectivity index (χ3v) is 4.77. The Labute approximate surface area is 132 Å². The molecular formula is C16H15FN2O2S. The number of nitrogens with zero attached hydrogens (tertiary/aromatic N) is 2. The van der Waals surface area contributed by atoms with Crippen LogP contribution in [0.25, 0.3) is 0 Å². The molecule has 2 heterocycles. The molecule has 1 fully saturated rings. The first-order chi connectivity index (χ1) is 10.7. The summed E-state index contributed by atoms with van der Waals surface area (Å²) in [4.78, 5) is 18.1. The number of hydrogen-bond acceptors (Lipinski definition) is 4. The first-order valence-electron chi connectivity index (χ1n) is 6.86. The van der Waals surface area contributed by atoms with Crippen molar-refractivity contribution in [2.24, 2.45) is 0 Å². The molecule has 1 aromatic heterocycles. The summed E-state index contributed by atoms with van der Waals surface area (Å²) >= 11 is 1.69. The van der Waals surface area contributed by atoms with E-state index in [1.165, 1.54) is 12.3 Å². The van der Waals surface area contributed by atoms with E-state index in [9.17, 15) is 9.18 Å². The minimum atomic E-state index is -0.501. The number of ether oxygens (including phenoxy) is 1. The third-order valence-electron chi connectivity index (χ3n) is 3.50. The van der Waals surface area contributed by atoms with Crippen LogP contribution < -0.4 is 4.74 Å². The fourth-order valence-corrected chi connectivity index (χ4v) is 3.67. The summed E-state index contributed by atoms with van der Waals surface area (Å²) in [7, 11) is 1.62. The van der Waals surface area contributed by atoms with E-state index in [0.29, 0.717) is 6.54 Å². The van der Waals surface area contributed by atoms with Crippen LogP contribution >= 0.6 is 11.8 Å². The Morgan fingerprint density at radius 3 is 2.82 bits per heavy atom. The van der Waals surface area contributed by atoms with Crippen LogP contribution in [-0.4, -0.2) is 35.2 Å². The molecule has 0 aliphatic carbocycles. The highest BCUT2D eigenvalue weighted by molar-refractivity contribution is 7.99. The monoisotopic (exact) mass is 318 g/mol. The van der Waals surface area contributed by atoms with Gasteiger partial charge in [0.05, 0.1) is 18.9 Å². The Balaban J connectivity index is 1.84. The normalized spacial score (nSPS) is 17.5. The van der Waals surface area contributed by atoms with Gasteiger partial charge in [0.2, 0.25) is 0 Å². The minimum absolute atomic E-state index is 0.0679. The zero-order valence-corrected chi connectivity index (χ0v) is 12.8. The first kappa shape index (κ1) is 14.8. The van der Waals surface area contributed by atoms with E-state index >= 15 is 0 Å². The molecule has 1 aromatic carbocycles. The molecule has 1 aliphatic rings. The molecule has 1 aliphatic heterocycles. The van der Waals surface area contributed by atoms with Crippen molar-refractivity contribution in [2.45, 2.75) is 5.37 Å². The number of aromatic nitrogens is 1. The van der Waals surface area contributed by atoms with Gasteiger partial charge in [-0.3, -0.25) is 9.78 Å². The van der Waals surface area contributed by atoms with Gasteiger partial charge in [0, 0.05) is 18.5 Å². The summed E-state index contributed by atoms with van der Waals surface area (Å²) in [6, 6.07) is 8.88. The first-order valence-corrected chi connectivity index (χ1v) is 7.91. The Bertz CT molecular complexity index is 678. The fraction of sp³-hybridized carbons (Fsp3) is 0.250. The number of rotatable bonds is 3. The van der Waals surface area contributed by atoms with E-state index in [0.717, 1.165) is 23.3 Å². The average Bonchev–Trinajstić information content (AvgIpc) is 3.04. The lowest BCUT2D eigenvalue weighted by molar-refractivity contribution is 0.0759. The minimum Gasteiger partial charge on any atom is -0.497 e. The zero-order chi connectivity index (χ0) is 15.5. The SMILES string of the molecule is COc1ccc(C2SCCN2C(=O)c2cncc(F)c2)cc1. The molecule has 3 rings (SSSR count). The summed E-state index contributed by atoms with van der Waals surface area (Å²) in [5.41, 5.74) is 1.31. The van der Waals surface area contributed by atoms with E-state index in [1.807, 2.05) is 24.3 Å². The molecule has 22 heavy (non-hydrogen) atoms. The van der Waals surface area contributed by atoms with Gasteiger partial charge in [0.25, 0.3) is 5.91 Å². The molecule has 2 aromatic rings. The molecule has 6 heteroatoms. The standard InChI is InChI=1S/C16H15FN2O2S/c1-21-14-4-2-11(3-5-14)16-19(6-7-22-16)15(20)12-8-13(17)10-18-9-12/h2-5,8-10,16H,6-7H2,1H3. The lowest BCUT2D eigenvalue weighted by atomic mass is 10.1. The molecule has 0 bridgehead atoms. The smallest absolute Gasteiger partial charge is 0.256 e. The van der Waals surface area contributed by atoms with Crippen LogP contribution in [-0.2, 0) is 0 Å². The van der Waals surface area contributed by atoms with Gasteiger partial charge in [-0.2, -0.15) is 0 Å². The number of halogens is 1. The summed E-state index contributed by atoms with van der Waals surface area (Å²) in [5.74, 6) is 0.931. The quantitative estimate of drug-likeness (QED) is 0.872. The maximum Gasteiger partial charge on any atom is 0.256 e. The molecule has 4 nitrogen and oxygen atoms in total. The van der Waals surface area contributed by atoms with E-state index in [2.05, 4.69) is 4.98 Å². The summed E-state index contributed by atoms with van der Waals surface area (Å²) in [5, 5.41) is -0.0679. The predicted octanol–water partition coefficient (Wildman–Crippen LogP) is 3.12. The summed E-state index contributed by atoms with van der Waals surface area (Å²) < 4.78 is 18.4. The third kappa shape index (κ3) is 2.92. The number of amides is 1. The van der Waals surface area contributed by atoms with Gasteiger partial charge < -0.3 is 9.64 Å². The van der Waals surface area contributed by atoms with Crippen molar-refractivity contribution in [1.29, 1.82) is 0 Å². The molecule has 0 saturated carbocycles. The number of benzene rings is 1. The van der Waals surface area contributed by atoms with E-state index in [-0.39, 0.29) is 16.8 Å². The number of carbonyl (C=O) groups is 1. The molecule has 0 N–H and O–H groups in total. The van der Waals surface area contributed by atoms with Crippen molar-refractivity contribution in [3.63, 3.8) is 0 Å². The number of carbonyl (C=O) groups excluding carboxylic acids is 1. The van der Waals surface area contributed by atoms with E-state index < -0.39 is 5.82 Å². The van der Waals surface area contributed by atoms with E-state index in [1.54, 1.807) is 23.8 Å². The molecule has 1 amide bonds. The van der Waals surface area contributed by atoms with Crippen molar-refractivity contribution in [3.05, 3.63) is 59.7 Å². The molecule has 0 radical (unpaired) electrons. The largest absolute Gasteiger partial charge is 0.497 e. The Hall–Kier alpha value is -2.08. The number of methoxy groups -OCH3 is 1. The van der Waals surface area contributed by atoms with Crippen LogP contribution in [0.5, 0.6) is 5.75 Å². The Kier molecular flexibility index (Phi) is 4.29. The van der Waals surface area contributed by atoms with E-state index in [4.69, 9.17) is 4.74 Å². The van der Waals surface area contributed by atoms with Gasteiger partial charge in [0.15, 0.2) is 0 Å². The second kappa shape index (κ2) is 6.36. The van der Waals surface area contributed by atoms with Crippen LogP contribution in [0, 0.1) is 5.82 Å². The zero-order valence-electron chi connectivity index (χ0n) is 12.0. The van der Waals surface area contributed by atoms with Crippen molar-refractivity contribution < 1.29 is 13.9 Å². The van der Waals surface area contributed by atoms with Gasteiger partial charge in [-0.25, -0.2) is 4.39 Å². The van der Waals surface area contributed by atoms with Crippen LogP contribution in [0.3, 0.4) is 0 Å².